The summed E-state index contributed by atoms with van der Waals surface area (Å²) in [6.07, 6.45) is 1.70. The SMILES string of the molecule is Cc1cccc(C)c1NC(=O)CSc1n[nH]c(-c2ccccn2)n1. The van der Waals surface area contributed by atoms with Crippen LogP contribution in [-0.2, 0) is 4.79 Å². The number of thioether (sulfide) groups is 1. The van der Waals surface area contributed by atoms with E-state index in [4.69, 9.17) is 0 Å². The molecule has 7 heteroatoms. The van der Waals surface area contributed by atoms with Crippen LogP contribution < -0.4 is 5.32 Å². The third-order valence-electron chi connectivity index (χ3n) is 3.45. The van der Waals surface area contributed by atoms with Crippen molar-refractivity contribution in [3.8, 4) is 11.5 Å². The van der Waals surface area contributed by atoms with Crippen molar-refractivity contribution in [2.45, 2.75) is 19.0 Å². The molecule has 0 atom stereocenters. The number of pyridine rings is 1. The Labute approximate surface area is 144 Å². The molecule has 0 fully saturated rings. The molecule has 2 N–H and O–H groups in total. The van der Waals surface area contributed by atoms with Gasteiger partial charge in [0.05, 0.1) is 5.75 Å². The van der Waals surface area contributed by atoms with Crippen LogP contribution in [0, 0.1) is 13.8 Å². The van der Waals surface area contributed by atoms with E-state index in [2.05, 4.69) is 25.5 Å². The highest BCUT2D eigenvalue weighted by Crippen LogP contribution is 2.21. The van der Waals surface area contributed by atoms with Gasteiger partial charge >= 0.3 is 0 Å². The summed E-state index contributed by atoms with van der Waals surface area (Å²) in [6, 6.07) is 11.5. The van der Waals surface area contributed by atoms with Crippen molar-refractivity contribution < 1.29 is 4.79 Å². The predicted octanol–water partition coefficient (Wildman–Crippen LogP) is 3.21. The molecular formula is C17H17N5OS. The maximum atomic E-state index is 12.2. The van der Waals surface area contributed by atoms with E-state index in [-0.39, 0.29) is 11.7 Å². The first kappa shape index (κ1) is 16.2. The normalized spacial score (nSPS) is 10.6. The molecule has 0 aliphatic carbocycles. The number of H-pyrrole nitrogens is 1. The number of hydrogen-bond donors (Lipinski definition) is 2. The molecule has 0 aliphatic rings. The number of anilines is 1. The Balaban J connectivity index is 1.60. The van der Waals surface area contributed by atoms with Crippen molar-refractivity contribution in [2.24, 2.45) is 0 Å². The van der Waals surface area contributed by atoms with Crippen LogP contribution in [0.1, 0.15) is 11.1 Å². The Hall–Kier alpha value is -2.67. The van der Waals surface area contributed by atoms with Crippen molar-refractivity contribution in [3.63, 3.8) is 0 Å². The number of amides is 1. The lowest BCUT2D eigenvalue weighted by Gasteiger charge is -2.10. The van der Waals surface area contributed by atoms with Gasteiger partial charge in [-0.05, 0) is 37.1 Å². The summed E-state index contributed by atoms with van der Waals surface area (Å²) >= 11 is 1.28. The first-order valence-electron chi connectivity index (χ1n) is 7.46. The predicted molar refractivity (Wildman–Crippen MR) is 94.9 cm³/mol. The number of aryl methyl sites for hydroxylation is 2. The highest BCUT2D eigenvalue weighted by atomic mass is 32.2. The van der Waals surface area contributed by atoms with Crippen LogP contribution in [-0.4, -0.2) is 31.8 Å². The van der Waals surface area contributed by atoms with Gasteiger partial charge in [-0.25, -0.2) is 0 Å². The van der Waals surface area contributed by atoms with Gasteiger partial charge in [0, 0.05) is 11.9 Å². The first-order chi connectivity index (χ1) is 11.6. The molecule has 3 aromatic rings. The number of nitrogens with one attached hydrogen (secondary N) is 2. The second-order valence-electron chi connectivity index (χ2n) is 5.29. The standard InChI is InChI=1S/C17H17N5OS/c1-11-6-5-7-12(2)15(11)19-14(23)10-24-17-20-16(21-22-17)13-8-3-4-9-18-13/h3-9H,10H2,1-2H3,(H,19,23)(H,20,21,22). The van der Waals surface area contributed by atoms with Crippen molar-refractivity contribution in [1.29, 1.82) is 0 Å². The quantitative estimate of drug-likeness (QED) is 0.697. The van der Waals surface area contributed by atoms with Gasteiger partial charge in [-0.3, -0.25) is 14.9 Å². The van der Waals surface area contributed by atoms with Crippen LogP contribution in [0.15, 0.2) is 47.8 Å². The summed E-state index contributed by atoms with van der Waals surface area (Å²) in [6.45, 7) is 3.95. The van der Waals surface area contributed by atoms with Gasteiger partial charge in [0.15, 0.2) is 5.82 Å². The zero-order valence-electron chi connectivity index (χ0n) is 13.4. The highest BCUT2D eigenvalue weighted by Gasteiger charge is 2.11. The first-order valence-corrected chi connectivity index (χ1v) is 8.45. The van der Waals surface area contributed by atoms with Crippen LogP contribution >= 0.6 is 11.8 Å². The average Bonchev–Trinajstić information content (AvgIpc) is 3.06. The second kappa shape index (κ2) is 7.27. The number of aromatic amines is 1. The van der Waals surface area contributed by atoms with Gasteiger partial charge in [-0.1, -0.05) is 36.0 Å². The third kappa shape index (κ3) is 3.80. The van der Waals surface area contributed by atoms with E-state index in [0.29, 0.717) is 11.0 Å². The van der Waals surface area contributed by atoms with Crippen molar-refractivity contribution in [1.82, 2.24) is 20.2 Å². The molecule has 3 rings (SSSR count). The van der Waals surface area contributed by atoms with Gasteiger partial charge in [-0.2, -0.15) is 4.98 Å². The van der Waals surface area contributed by atoms with Crippen LogP contribution in [0.5, 0.6) is 0 Å². The lowest BCUT2D eigenvalue weighted by Crippen LogP contribution is -2.15. The van der Waals surface area contributed by atoms with Gasteiger partial charge in [0.1, 0.15) is 5.69 Å². The fourth-order valence-electron chi connectivity index (χ4n) is 2.25. The molecule has 1 aromatic carbocycles. The minimum atomic E-state index is -0.0819. The topological polar surface area (TPSA) is 83.6 Å². The molecule has 0 aliphatic heterocycles. The summed E-state index contributed by atoms with van der Waals surface area (Å²) in [4.78, 5) is 20.7. The van der Waals surface area contributed by atoms with Gasteiger partial charge in [0.2, 0.25) is 11.1 Å². The van der Waals surface area contributed by atoms with E-state index in [9.17, 15) is 4.79 Å². The number of aromatic nitrogens is 4. The minimum absolute atomic E-state index is 0.0819. The molecule has 24 heavy (non-hydrogen) atoms. The fourth-order valence-corrected chi connectivity index (χ4v) is 2.84. The van der Waals surface area contributed by atoms with Gasteiger partial charge in [0.25, 0.3) is 0 Å². The lowest BCUT2D eigenvalue weighted by molar-refractivity contribution is -0.113. The minimum Gasteiger partial charge on any atom is -0.325 e. The van der Waals surface area contributed by atoms with Crippen molar-refractivity contribution in [3.05, 3.63) is 53.7 Å². The van der Waals surface area contributed by atoms with E-state index >= 15 is 0 Å². The van der Waals surface area contributed by atoms with Crippen molar-refractivity contribution in [2.75, 3.05) is 11.1 Å². The number of nitrogens with zero attached hydrogens (tertiary/aromatic N) is 3. The Morgan fingerprint density at radius 3 is 2.67 bits per heavy atom. The zero-order chi connectivity index (χ0) is 16.9. The molecule has 2 aromatic heterocycles. The summed E-state index contributed by atoms with van der Waals surface area (Å²) in [5.74, 6) is 0.752. The van der Waals surface area contributed by atoms with E-state index < -0.39 is 0 Å². The van der Waals surface area contributed by atoms with Crippen LogP contribution in [0.3, 0.4) is 0 Å². The Bertz CT molecular complexity index is 827. The fraction of sp³-hybridized carbons (Fsp3) is 0.176. The van der Waals surface area contributed by atoms with Gasteiger partial charge in [-0.15, -0.1) is 5.10 Å². The van der Waals surface area contributed by atoms with E-state index in [0.717, 1.165) is 22.5 Å². The summed E-state index contributed by atoms with van der Waals surface area (Å²) in [5.41, 5.74) is 3.68. The Morgan fingerprint density at radius 1 is 1.17 bits per heavy atom. The number of rotatable bonds is 5. The monoisotopic (exact) mass is 339 g/mol. The summed E-state index contributed by atoms with van der Waals surface area (Å²) in [5, 5.41) is 10.4. The molecule has 0 bridgehead atoms. The molecule has 122 valence electrons. The van der Waals surface area contributed by atoms with Crippen LogP contribution in [0.2, 0.25) is 0 Å². The smallest absolute Gasteiger partial charge is 0.234 e. The van der Waals surface area contributed by atoms with E-state index in [1.165, 1.54) is 11.8 Å². The van der Waals surface area contributed by atoms with Crippen LogP contribution in [0.25, 0.3) is 11.5 Å². The highest BCUT2D eigenvalue weighted by molar-refractivity contribution is 7.99. The average molecular weight is 339 g/mol. The molecule has 0 radical (unpaired) electrons. The number of hydrogen-bond acceptors (Lipinski definition) is 5. The summed E-state index contributed by atoms with van der Waals surface area (Å²) in [7, 11) is 0. The molecule has 1 amide bonds. The van der Waals surface area contributed by atoms with Gasteiger partial charge < -0.3 is 5.32 Å². The molecule has 6 nitrogen and oxygen atoms in total. The molecule has 0 saturated heterocycles. The molecule has 0 spiro atoms. The maximum Gasteiger partial charge on any atom is 0.234 e. The maximum absolute atomic E-state index is 12.2. The van der Waals surface area contributed by atoms with Crippen molar-refractivity contribution >= 4 is 23.4 Å². The molecule has 0 unspecified atom stereocenters. The number of carbonyl (C=O) groups is 1. The number of para-hydroxylation sites is 1. The van der Waals surface area contributed by atoms with E-state index in [1.54, 1.807) is 6.20 Å². The Morgan fingerprint density at radius 2 is 1.96 bits per heavy atom. The zero-order valence-corrected chi connectivity index (χ0v) is 14.2. The number of benzene rings is 1. The van der Waals surface area contributed by atoms with E-state index in [1.807, 2.05) is 50.2 Å². The molecule has 2 heterocycles. The molecular weight excluding hydrogens is 322 g/mol. The number of carbonyl (C=O) groups excluding carboxylic acids is 1. The molecule has 0 saturated carbocycles. The second-order valence-corrected chi connectivity index (χ2v) is 6.23. The third-order valence-corrected chi connectivity index (χ3v) is 4.30. The summed E-state index contributed by atoms with van der Waals surface area (Å²) < 4.78 is 0. The van der Waals surface area contributed by atoms with Crippen LogP contribution in [0.4, 0.5) is 5.69 Å². The lowest BCUT2D eigenvalue weighted by atomic mass is 10.1. The largest absolute Gasteiger partial charge is 0.325 e. The Kier molecular flexibility index (Phi) is 4.90.